The van der Waals surface area contributed by atoms with Gasteiger partial charge in [-0.25, -0.2) is 0 Å². The molecule has 0 spiro atoms. The lowest BCUT2D eigenvalue weighted by molar-refractivity contribution is 0.389. The van der Waals surface area contributed by atoms with Crippen LogP contribution in [0.4, 0.5) is 0 Å². The van der Waals surface area contributed by atoms with Gasteiger partial charge in [0.2, 0.25) is 0 Å². The summed E-state index contributed by atoms with van der Waals surface area (Å²) < 4.78 is 6.50. The molecule has 3 heteroatoms. The Morgan fingerprint density at radius 1 is 1.05 bits per heavy atom. The van der Waals surface area contributed by atoms with Crippen molar-refractivity contribution in [3.63, 3.8) is 0 Å². The van der Waals surface area contributed by atoms with E-state index in [0.717, 1.165) is 16.3 Å². The zero-order chi connectivity index (χ0) is 16.9. The van der Waals surface area contributed by atoms with Gasteiger partial charge in [-0.2, -0.15) is 0 Å². The minimum atomic E-state index is -1.93. The van der Waals surface area contributed by atoms with E-state index in [9.17, 15) is 0 Å². The number of allylic oxidation sites excluding steroid dienone is 1. The molecule has 122 valence electrons. The minimum Gasteiger partial charge on any atom is -0.543 e. The van der Waals surface area contributed by atoms with Crippen molar-refractivity contribution in [2.45, 2.75) is 58.2 Å². The van der Waals surface area contributed by atoms with Gasteiger partial charge < -0.3 is 4.43 Å². The molecule has 1 rings (SSSR count). The Morgan fingerprint density at radius 3 is 2.00 bits per heavy atom. The van der Waals surface area contributed by atoms with Crippen molar-refractivity contribution in [3.8, 4) is 0 Å². The van der Waals surface area contributed by atoms with E-state index in [1.165, 1.54) is 0 Å². The van der Waals surface area contributed by atoms with Gasteiger partial charge in [0.15, 0.2) is 0 Å². The van der Waals surface area contributed by atoms with Gasteiger partial charge in [-0.3, -0.25) is 0 Å². The van der Waals surface area contributed by atoms with Gasteiger partial charge in [-0.15, -0.1) is 0 Å². The van der Waals surface area contributed by atoms with Gasteiger partial charge in [-0.05, 0) is 40.4 Å². The number of hydrogen-bond acceptors (Lipinski definition) is 1. The second kappa shape index (κ2) is 8.03. The van der Waals surface area contributed by atoms with Crippen molar-refractivity contribution in [3.05, 3.63) is 53.3 Å². The first-order valence-electron chi connectivity index (χ1n) is 8.02. The molecule has 0 radical (unpaired) electrons. The third-order valence-electron chi connectivity index (χ3n) is 4.37. The van der Waals surface area contributed by atoms with E-state index in [1.807, 2.05) is 36.4 Å². The average Bonchev–Trinajstić information content (AvgIpc) is 2.42. The van der Waals surface area contributed by atoms with E-state index >= 15 is 0 Å². The van der Waals surface area contributed by atoms with E-state index in [0.29, 0.717) is 16.6 Å². The Morgan fingerprint density at radius 2 is 1.55 bits per heavy atom. The molecule has 0 N–H and O–H groups in total. The minimum absolute atomic E-state index is 0.540. The normalized spacial score (nSPS) is 12.6. The molecule has 1 aromatic rings. The van der Waals surface area contributed by atoms with E-state index < -0.39 is 8.32 Å². The highest BCUT2D eigenvalue weighted by atomic mass is 35.5. The summed E-state index contributed by atoms with van der Waals surface area (Å²) in [6.45, 7) is 17.8. The highest BCUT2D eigenvalue weighted by Crippen LogP contribution is 2.43. The third kappa shape index (κ3) is 4.27. The fourth-order valence-corrected chi connectivity index (χ4v) is 8.84. The first kappa shape index (κ1) is 19.1. The predicted molar refractivity (Wildman–Crippen MR) is 102 cm³/mol. The monoisotopic (exact) mass is 336 g/mol. The molecular weight excluding hydrogens is 308 g/mol. The highest BCUT2D eigenvalue weighted by molar-refractivity contribution is 6.77. The van der Waals surface area contributed by atoms with Crippen LogP contribution in [-0.4, -0.2) is 8.32 Å². The van der Waals surface area contributed by atoms with Gasteiger partial charge in [0.1, 0.15) is 0 Å². The number of hydrogen-bond donors (Lipinski definition) is 0. The second-order valence-electron chi connectivity index (χ2n) is 6.74. The fourth-order valence-electron chi connectivity index (χ4n) is 3.41. The molecule has 0 aromatic heterocycles. The standard InChI is InChI=1S/C19H29ClOSi/c1-14(2)22(15(3)4,16(5)6)21-17(7)12-13-18-10-8-9-11-19(18)20/h8-16H,7H2,1-6H3/b13-12+. The summed E-state index contributed by atoms with van der Waals surface area (Å²) in [4.78, 5) is 0. The predicted octanol–water partition coefficient (Wildman–Crippen LogP) is 7.06. The number of rotatable bonds is 7. The number of benzene rings is 1. The van der Waals surface area contributed by atoms with Crippen LogP contribution in [0.5, 0.6) is 0 Å². The van der Waals surface area contributed by atoms with Crippen molar-refractivity contribution in [2.75, 3.05) is 0 Å². The summed E-state index contributed by atoms with van der Waals surface area (Å²) in [6.07, 6.45) is 3.92. The second-order valence-corrected chi connectivity index (χ2v) is 12.5. The maximum Gasteiger partial charge on any atom is 0.258 e. The van der Waals surface area contributed by atoms with Crippen LogP contribution in [0.2, 0.25) is 21.6 Å². The van der Waals surface area contributed by atoms with Gasteiger partial charge in [0.25, 0.3) is 8.32 Å². The lowest BCUT2D eigenvalue weighted by Crippen LogP contribution is -2.47. The zero-order valence-corrected chi connectivity index (χ0v) is 16.4. The first-order chi connectivity index (χ1) is 10.2. The molecule has 0 saturated carbocycles. The van der Waals surface area contributed by atoms with E-state index in [2.05, 4.69) is 48.1 Å². The molecular formula is C19H29ClOSi. The van der Waals surface area contributed by atoms with E-state index in [1.54, 1.807) is 0 Å². The first-order valence-corrected chi connectivity index (χ1v) is 10.5. The Balaban J connectivity index is 2.96. The summed E-state index contributed by atoms with van der Waals surface area (Å²) in [7, 11) is -1.93. The van der Waals surface area contributed by atoms with Gasteiger partial charge in [-0.1, -0.05) is 77.9 Å². The van der Waals surface area contributed by atoms with Crippen molar-refractivity contribution < 1.29 is 4.43 Å². The molecule has 0 amide bonds. The maximum absolute atomic E-state index is 6.50. The Hall–Kier alpha value is -0.993. The molecule has 0 bridgehead atoms. The molecule has 0 aliphatic heterocycles. The van der Waals surface area contributed by atoms with Gasteiger partial charge >= 0.3 is 0 Å². The molecule has 1 nitrogen and oxygen atoms in total. The molecule has 1 aromatic carbocycles. The lowest BCUT2D eigenvalue weighted by atomic mass is 10.2. The Labute approximate surface area is 142 Å². The summed E-state index contributed by atoms with van der Waals surface area (Å²) in [5.74, 6) is 0.739. The quantitative estimate of drug-likeness (QED) is 0.294. The van der Waals surface area contributed by atoms with Crippen LogP contribution in [0.25, 0.3) is 6.08 Å². The van der Waals surface area contributed by atoms with E-state index in [-0.39, 0.29) is 0 Å². The topological polar surface area (TPSA) is 9.23 Å². The Bertz CT molecular complexity index is 510. The highest BCUT2D eigenvalue weighted by Gasteiger charge is 2.46. The fraction of sp³-hybridized carbons (Fsp3) is 0.474. The van der Waals surface area contributed by atoms with Crippen LogP contribution < -0.4 is 0 Å². The molecule has 0 saturated heterocycles. The summed E-state index contributed by atoms with van der Waals surface area (Å²) in [6, 6.07) is 7.79. The third-order valence-corrected chi connectivity index (χ3v) is 10.7. The molecule has 22 heavy (non-hydrogen) atoms. The van der Waals surface area contributed by atoms with Crippen LogP contribution in [0.3, 0.4) is 0 Å². The molecule has 0 heterocycles. The van der Waals surface area contributed by atoms with Gasteiger partial charge in [0, 0.05) is 5.02 Å². The van der Waals surface area contributed by atoms with Crippen LogP contribution in [0.15, 0.2) is 42.7 Å². The molecule has 0 atom stereocenters. The van der Waals surface area contributed by atoms with Crippen LogP contribution in [0, 0.1) is 0 Å². The van der Waals surface area contributed by atoms with Crippen molar-refractivity contribution in [1.29, 1.82) is 0 Å². The van der Waals surface area contributed by atoms with Crippen molar-refractivity contribution >= 4 is 26.0 Å². The smallest absolute Gasteiger partial charge is 0.258 e. The van der Waals surface area contributed by atoms with Crippen molar-refractivity contribution in [1.82, 2.24) is 0 Å². The largest absolute Gasteiger partial charge is 0.543 e. The van der Waals surface area contributed by atoms with Crippen LogP contribution in [0.1, 0.15) is 47.1 Å². The zero-order valence-electron chi connectivity index (χ0n) is 14.7. The van der Waals surface area contributed by atoms with Crippen LogP contribution in [-0.2, 0) is 4.43 Å². The Kier molecular flexibility index (Phi) is 6.95. The summed E-state index contributed by atoms with van der Waals surface area (Å²) in [5, 5.41) is 0.742. The van der Waals surface area contributed by atoms with Gasteiger partial charge in [0.05, 0.1) is 5.76 Å². The molecule has 0 fully saturated rings. The summed E-state index contributed by atoms with van der Waals surface area (Å²) >= 11 is 6.18. The van der Waals surface area contributed by atoms with E-state index in [4.69, 9.17) is 16.0 Å². The van der Waals surface area contributed by atoms with Crippen LogP contribution >= 0.6 is 11.6 Å². The molecule has 0 unspecified atom stereocenters. The molecule has 0 aliphatic carbocycles. The average molecular weight is 337 g/mol. The number of halogens is 1. The van der Waals surface area contributed by atoms with Crippen molar-refractivity contribution in [2.24, 2.45) is 0 Å². The summed E-state index contributed by atoms with van der Waals surface area (Å²) in [5.41, 5.74) is 2.61. The lowest BCUT2D eigenvalue weighted by Gasteiger charge is -2.42. The maximum atomic E-state index is 6.50. The SMILES string of the molecule is C=C(/C=C/c1ccccc1Cl)O[Si](C(C)C)(C(C)C)C(C)C. The molecule has 0 aliphatic rings.